The maximum absolute atomic E-state index is 14.7. The van der Waals surface area contributed by atoms with E-state index in [1.807, 2.05) is 60.7 Å². The SMILES string of the molecule is CC(C)(C)Cc1cccc(-c2cc(-n3c4ccccc4c4ccccc43)cc(-n3c4ccccc4c4ccccc43)c2)c1.CC(C)(C)c1ccc(-c2cc(-n3c4ccccc4c4ccccc43)cc(-n3c4ccccc4c4ccccc43)c2)cc1.Fc1cc(F)cc(-c2cc(-c3cc(F)cc(F)c3)cc(-c3cc(-n4c5ccccc5c5ccccc54)cc(-n4c5ccccc5c5ccccc54)c3)c2)c1. The molecule has 0 saturated carbocycles. The molecule has 10 heteroatoms. The molecule has 0 atom stereocenters. The summed E-state index contributed by atoms with van der Waals surface area (Å²) in [5, 5.41) is 14.6. The molecular weight excluding hydrogens is 1710 g/mol. The molecule has 0 spiro atoms. The van der Waals surface area contributed by atoms with Crippen LogP contribution in [-0.4, -0.2) is 27.4 Å². The van der Waals surface area contributed by atoms with E-state index >= 15 is 0 Å². The average molecular weight is 1800 g/mol. The lowest BCUT2D eigenvalue weighted by molar-refractivity contribution is 0.411. The summed E-state index contributed by atoms with van der Waals surface area (Å²) in [6.07, 6.45) is 1.03. The summed E-state index contributed by atoms with van der Waals surface area (Å²) in [6.45, 7) is 13.7. The molecule has 0 unspecified atom stereocenters. The van der Waals surface area contributed by atoms with Crippen molar-refractivity contribution in [3.63, 3.8) is 0 Å². The molecule has 0 fully saturated rings. The normalized spacial score (nSPS) is 12.0. The maximum Gasteiger partial charge on any atom is 0.126 e. The maximum atomic E-state index is 14.7. The highest BCUT2D eigenvalue weighted by molar-refractivity contribution is 6.15. The van der Waals surface area contributed by atoms with E-state index in [1.165, 1.54) is 145 Å². The van der Waals surface area contributed by atoms with Gasteiger partial charge in [0.1, 0.15) is 23.3 Å². The highest BCUT2D eigenvalue weighted by atomic mass is 19.1. The predicted molar refractivity (Wildman–Crippen MR) is 574 cm³/mol. The van der Waals surface area contributed by atoms with Gasteiger partial charge in [0.05, 0.1) is 66.2 Å². The Balaban J connectivity index is 0.000000115. The van der Waals surface area contributed by atoms with Gasteiger partial charge in [-0.15, -0.1) is 0 Å². The Morgan fingerprint density at radius 3 is 0.576 bits per heavy atom. The second kappa shape index (κ2) is 34.1. The standard InChI is InChI=1S/C48H28F4N2.C41H34N2.C40H32N2/c49-35-20-32(21-36(50)26-35)29-17-30(33-22-37(51)27-38(52)23-33)19-31(18-29)34-24-39(53-45-13-5-1-9-41(45)42-10-2-6-14-46(42)53)28-40(25-34)54-47-15-7-3-11-43(47)44-12-4-8-16-48(44)54;1-41(2,3)27-28-13-12-14-29(23-28)30-24-31(42-37-19-8-4-15-33(37)34-16-5-9-20-38(34)42)26-32(25-30)43-39-21-10-6-17-35(39)36-18-7-11-22-40(36)43;1-40(2,3)29-22-20-27(21-23-29)28-24-30(41-36-16-8-4-12-32(36)33-13-5-9-17-37(33)41)26-31(25-28)42-38-18-10-6-14-34(38)35-15-7-11-19-39(35)42/h1-28H;4-26H,27H2,1-3H3;4-26H,1-3H3. The largest absolute Gasteiger partial charge is 0.309 e. The highest BCUT2D eigenvalue weighted by Gasteiger charge is 2.26. The van der Waals surface area contributed by atoms with Gasteiger partial charge in [-0.2, -0.15) is 0 Å². The topological polar surface area (TPSA) is 29.6 Å². The first-order chi connectivity index (χ1) is 67.8. The molecular formula is C129H94F4N6. The van der Waals surface area contributed by atoms with Crippen molar-refractivity contribution in [2.75, 3.05) is 0 Å². The van der Waals surface area contributed by atoms with E-state index in [4.69, 9.17) is 0 Å². The van der Waals surface area contributed by atoms with Crippen molar-refractivity contribution < 1.29 is 17.6 Å². The van der Waals surface area contributed by atoms with Gasteiger partial charge in [-0.05, 0) is 254 Å². The minimum atomic E-state index is -0.726. The van der Waals surface area contributed by atoms with Crippen molar-refractivity contribution >= 4 is 131 Å². The van der Waals surface area contributed by atoms with Gasteiger partial charge in [0.15, 0.2) is 0 Å². The molecule has 6 aromatic heterocycles. The fraction of sp³-hybridized carbons (Fsp3) is 0.0698. The summed E-state index contributed by atoms with van der Waals surface area (Å²) in [4.78, 5) is 0. The van der Waals surface area contributed by atoms with Crippen molar-refractivity contribution in [2.45, 2.75) is 53.4 Å². The number of halogens is 4. The third kappa shape index (κ3) is 15.3. The van der Waals surface area contributed by atoms with Crippen molar-refractivity contribution in [3.8, 4) is 89.8 Å². The molecule has 6 nitrogen and oxygen atoms in total. The second-order valence-corrected chi connectivity index (χ2v) is 38.8. The van der Waals surface area contributed by atoms with E-state index < -0.39 is 23.3 Å². The molecule has 20 aromatic carbocycles. The number of nitrogens with zero attached hydrogens (tertiary/aromatic N) is 6. The third-order valence-electron chi connectivity index (χ3n) is 27.5. The van der Waals surface area contributed by atoms with Crippen LogP contribution in [0.3, 0.4) is 0 Å². The van der Waals surface area contributed by atoms with Crippen molar-refractivity contribution in [1.29, 1.82) is 0 Å². The molecule has 6 heterocycles. The van der Waals surface area contributed by atoms with Gasteiger partial charge >= 0.3 is 0 Å². The van der Waals surface area contributed by atoms with Crippen molar-refractivity contribution in [3.05, 3.63) is 483 Å². The number of rotatable bonds is 12. The first-order valence-electron chi connectivity index (χ1n) is 47.5. The first-order valence-corrected chi connectivity index (χ1v) is 47.5. The Kier molecular flexibility index (Phi) is 20.8. The summed E-state index contributed by atoms with van der Waals surface area (Å²) >= 11 is 0. The molecule has 0 amide bonds. The van der Waals surface area contributed by atoms with Crippen LogP contribution in [0.5, 0.6) is 0 Å². The zero-order valence-corrected chi connectivity index (χ0v) is 77.6. The van der Waals surface area contributed by atoms with E-state index in [-0.39, 0.29) is 10.8 Å². The molecule has 0 bridgehead atoms. The summed E-state index contributed by atoms with van der Waals surface area (Å²) < 4.78 is 72.8. The molecule has 0 radical (unpaired) electrons. The molecule has 26 rings (SSSR count). The average Bonchev–Trinajstić information content (AvgIpc) is 1.58. The van der Waals surface area contributed by atoms with Crippen LogP contribution in [0.25, 0.3) is 221 Å². The van der Waals surface area contributed by atoms with Gasteiger partial charge in [0.25, 0.3) is 0 Å². The summed E-state index contributed by atoms with van der Waals surface area (Å²) in [6, 6.07) is 154. The molecule has 26 aromatic rings. The van der Waals surface area contributed by atoms with Crippen molar-refractivity contribution in [2.24, 2.45) is 5.41 Å². The highest BCUT2D eigenvalue weighted by Crippen LogP contribution is 2.46. The van der Waals surface area contributed by atoms with Crippen LogP contribution in [0.4, 0.5) is 17.6 Å². The predicted octanol–water partition coefficient (Wildman–Crippen LogP) is 35.4. The number of fused-ring (bicyclic) bond motifs is 18. The van der Waals surface area contributed by atoms with Gasteiger partial charge in [-0.25, -0.2) is 17.6 Å². The third-order valence-corrected chi connectivity index (χ3v) is 27.5. The van der Waals surface area contributed by atoms with Crippen LogP contribution in [0.1, 0.15) is 52.7 Å². The van der Waals surface area contributed by atoms with Crippen molar-refractivity contribution in [1.82, 2.24) is 27.4 Å². The molecule has 139 heavy (non-hydrogen) atoms. The Bertz CT molecular complexity index is 8570. The molecule has 0 N–H and O–H groups in total. The molecule has 0 saturated heterocycles. The Hall–Kier alpha value is -17.1. The first kappa shape index (κ1) is 84.9. The lowest BCUT2D eigenvalue weighted by atomic mass is 9.86. The van der Waals surface area contributed by atoms with E-state index in [0.29, 0.717) is 27.8 Å². The minimum Gasteiger partial charge on any atom is -0.309 e. The minimum absolute atomic E-state index is 0.109. The number of hydrogen-bond acceptors (Lipinski definition) is 0. The zero-order valence-electron chi connectivity index (χ0n) is 77.6. The monoisotopic (exact) mass is 1800 g/mol. The van der Waals surface area contributed by atoms with E-state index in [2.05, 4.69) is 415 Å². The number of benzene rings is 20. The van der Waals surface area contributed by atoms with Gasteiger partial charge in [0, 0.05) is 111 Å². The number of aromatic nitrogens is 6. The van der Waals surface area contributed by atoms with Crippen LogP contribution in [0.15, 0.2) is 449 Å². The van der Waals surface area contributed by atoms with Gasteiger partial charge in [0.2, 0.25) is 0 Å². The second-order valence-electron chi connectivity index (χ2n) is 38.8. The Labute approximate surface area is 802 Å². The number of hydrogen-bond donors (Lipinski definition) is 0. The number of para-hydroxylation sites is 12. The van der Waals surface area contributed by atoms with Crippen LogP contribution in [0, 0.1) is 28.7 Å². The lowest BCUT2D eigenvalue weighted by Crippen LogP contribution is -2.10. The van der Waals surface area contributed by atoms with E-state index in [0.717, 1.165) is 102 Å². The van der Waals surface area contributed by atoms with Gasteiger partial charge in [-0.3, -0.25) is 0 Å². The van der Waals surface area contributed by atoms with Crippen LogP contribution in [0.2, 0.25) is 0 Å². The Morgan fingerprint density at radius 2 is 0.360 bits per heavy atom. The quantitative estimate of drug-likeness (QED) is 0.109. The lowest BCUT2D eigenvalue weighted by Gasteiger charge is -2.20. The molecule has 0 aliphatic rings. The fourth-order valence-corrected chi connectivity index (χ4v) is 21.5. The molecule has 668 valence electrons. The fourth-order valence-electron chi connectivity index (χ4n) is 21.5. The molecule has 0 aliphatic carbocycles. The van der Waals surface area contributed by atoms with Gasteiger partial charge < -0.3 is 27.4 Å². The van der Waals surface area contributed by atoms with E-state index in [1.54, 1.807) is 6.07 Å². The Morgan fingerprint density at radius 1 is 0.165 bits per heavy atom. The zero-order chi connectivity index (χ0) is 94.1. The van der Waals surface area contributed by atoms with Crippen LogP contribution in [-0.2, 0) is 11.8 Å². The van der Waals surface area contributed by atoms with Crippen LogP contribution >= 0.6 is 0 Å². The summed E-state index contributed by atoms with van der Waals surface area (Å²) in [5.74, 6) is -2.90. The molecule has 0 aliphatic heterocycles. The smallest absolute Gasteiger partial charge is 0.126 e. The summed E-state index contributed by atoms with van der Waals surface area (Å²) in [7, 11) is 0. The van der Waals surface area contributed by atoms with E-state index in [9.17, 15) is 17.6 Å². The van der Waals surface area contributed by atoms with Gasteiger partial charge in [-0.1, -0.05) is 308 Å². The van der Waals surface area contributed by atoms with Crippen LogP contribution < -0.4 is 0 Å². The summed E-state index contributed by atoms with van der Waals surface area (Å²) in [5.41, 5.74) is 31.2.